The summed E-state index contributed by atoms with van der Waals surface area (Å²) in [4.78, 5) is 30.0. The van der Waals surface area contributed by atoms with Gasteiger partial charge in [-0.25, -0.2) is 9.18 Å². The molecule has 2 aliphatic rings. The van der Waals surface area contributed by atoms with E-state index >= 15 is 0 Å². The lowest BCUT2D eigenvalue weighted by molar-refractivity contribution is -0.390. The van der Waals surface area contributed by atoms with Gasteiger partial charge in [-0.15, -0.1) is 0 Å². The number of hydrogen-bond acceptors (Lipinski definition) is 7. The zero-order chi connectivity index (χ0) is 34.2. The average Bonchev–Trinajstić information content (AvgIpc) is 3.73. The van der Waals surface area contributed by atoms with Crippen molar-refractivity contribution in [1.82, 2.24) is 19.7 Å². The molecule has 0 bridgehead atoms. The Morgan fingerprint density at radius 2 is 1.69 bits per heavy atom. The van der Waals surface area contributed by atoms with Gasteiger partial charge < -0.3 is 24.5 Å². The maximum atomic E-state index is 14.1. The fourth-order valence-corrected chi connectivity index (χ4v) is 7.35. The standard InChI is InChI=1S/C36H30Cl2FN5O5/c1-21(33-30(37)10-11-31(39)34(33)38)49-32-16-22(17-40-35(32)44(46)47)23-18-41-43(19-23)24-12-14-42(15-13-24)36(45)48-20-29-27-8-4-2-6-25(27)26-7-3-5-9-28(26)29/h2-11,16-19,21,24,29H,12-15,20H2,1H3/t21-/m1/s1. The van der Waals surface area contributed by atoms with E-state index in [4.69, 9.17) is 32.7 Å². The average molecular weight is 703 g/mol. The molecular weight excluding hydrogens is 672 g/mol. The Balaban J connectivity index is 0.997. The molecule has 49 heavy (non-hydrogen) atoms. The minimum atomic E-state index is -0.921. The second kappa shape index (κ2) is 13.5. The number of hydrogen-bond donors (Lipinski definition) is 0. The maximum absolute atomic E-state index is 14.1. The summed E-state index contributed by atoms with van der Waals surface area (Å²) in [7, 11) is 0. The fraction of sp³-hybridized carbons (Fsp3) is 0.250. The van der Waals surface area contributed by atoms with E-state index in [-0.39, 0.29) is 46.0 Å². The Morgan fingerprint density at radius 3 is 2.37 bits per heavy atom. The number of carbonyl (C=O) groups excluding carboxylic acids is 1. The SMILES string of the molecule is C[C@@H](Oc1cc(-c2cnn(C3CCN(C(=O)OCC4c5ccccc5-c5ccccc54)CC3)c2)cnc1[N+](=O)[O-])c1c(Cl)ccc(F)c1Cl. The van der Waals surface area contributed by atoms with E-state index in [1.165, 1.54) is 40.6 Å². The van der Waals surface area contributed by atoms with Crippen molar-refractivity contribution >= 4 is 35.1 Å². The number of aromatic nitrogens is 3. The van der Waals surface area contributed by atoms with Crippen LogP contribution >= 0.6 is 23.2 Å². The van der Waals surface area contributed by atoms with Gasteiger partial charge in [0.15, 0.2) is 0 Å². The number of fused-ring (bicyclic) bond motifs is 3. The number of carbonyl (C=O) groups is 1. The molecule has 0 spiro atoms. The lowest BCUT2D eigenvalue weighted by atomic mass is 9.98. The number of nitro groups is 1. The quantitative estimate of drug-likeness (QED) is 0.0901. The first-order chi connectivity index (χ1) is 23.7. The molecule has 3 aromatic carbocycles. The molecule has 250 valence electrons. The van der Waals surface area contributed by atoms with E-state index in [9.17, 15) is 19.3 Å². The Morgan fingerprint density at radius 1 is 1.02 bits per heavy atom. The van der Waals surface area contributed by atoms with Crippen molar-refractivity contribution in [3.8, 4) is 28.0 Å². The molecule has 1 fully saturated rings. The van der Waals surface area contributed by atoms with Crippen molar-refractivity contribution in [1.29, 1.82) is 0 Å². The minimum Gasteiger partial charge on any atom is -0.478 e. The fourth-order valence-electron chi connectivity index (χ4n) is 6.67. The second-order valence-electron chi connectivity index (χ2n) is 12.1. The molecule has 1 aliphatic heterocycles. The van der Waals surface area contributed by atoms with Crippen LogP contribution in [0.4, 0.5) is 15.0 Å². The van der Waals surface area contributed by atoms with Crippen LogP contribution in [0.15, 0.2) is 85.3 Å². The van der Waals surface area contributed by atoms with Crippen molar-refractivity contribution in [2.45, 2.75) is 37.8 Å². The zero-order valence-corrected chi connectivity index (χ0v) is 27.8. The van der Waals surface area contributed by atoms with Gasteiger partial charge in [0, 0.05) is 53.0 Å². The highest BCUT2D eigenvalue weighted by atomic mass is 35.5. The third-order valence-corrected chi connectivity index (χ3v) is 9.88. The van der Waals surface area contributed by atoms with Crippen LogP contribution < -0.4 is 4.74 Å². The molecule has 10 nitrogen and oxygen atoms in total. The summed E-state index contributed by atoms with van der Waals surface area (Å²) in [6, 6.07) is 20.5. The molecule has 2 aromatic heterocycles. The van der Waals surface area contributed by atoms with Crippen molar-refractivity contribution in [2.75, 3.05) is 19.7 Å². The molecule has 1 atom stereocenters. The van der Waals surface area contributed by atoms with Gasteiger partial charge in [-0.1, -0.05) is 71.7 Å². The number of pyridine rings is 1. The van der Waals surface area contributed by atoms with Gasteiger partial charge in [0.1, 0.15) is 24.7 Å². The molecule has 0 saturated carbocycles. The van der Waals surface area contributed by atoms with Crippen molar-refractivity contribution in [2.24, 2.45) is 0 Å². The van der Waals surface area contributed by atoms with Crippen LogP contribution in [0.2, 0.25) is 10.0 Å². The normalized spacial score (nSPS) is 15.1. The Kier molecular flexibility index (Phi) is 8.96. The minimum absolute atomic E-state index is 0.00337. The molecular formula is C36H30Cl2FN5O5. The lowest BCUT2D eigenvalue weighted by Gasteiger charge is -2.31. The molecule has 0 radical (unpaired) electrons. The summed E-state index contributed by atoms with van der Waals surface area (Å²) < 4.78 is 27.7. The number of halogens is 3. The number of ether oxygens (including phenoxy) is 2. The summed E-state index contributed by atoms with van der Waals surface area (Å²) in [6.45, 7) is 2.86. The Labute approximate surface area is 291 Å². The van der Waals surface area contributed by atoms with Gasteiger partial charge in [0.2, 0.25) is 5.75 Å². The maximum Gasteiger partial charge on any atom is 0.409 e. The Hall–Kier alpha value is -5.00. The van der Waals surface area contributed by atoms with Gasteiger partial charge in [-0.2, -0.15) is 5.10 Å². The van der Waals surface area contributed by atoms with Gasteiger partial charge in [-0.3, -0.25) is 4.68 Å². The van der Waals surface area contributed by atoms with Crippen LogP contribution in [0.5, 0.6) is 5.75 Å². The summed E-state index contributed by atoms with van der Waals surface area (Å²) >= 11 is 12.4. The van der Waals surface area contributed by atoms with Gasteiger partial charge in [0.05, 0.1) is 17.3 Å². The van der Waals surface area contributed by atoms with Crippen molar-refractivity contribution < 1.29 is 23.6 Å². The van der Waals surface area contributed by atoms with Crippen molar-refractivity contribution in [3.05, 3.63) is 128 Å². The van der Waals surface area contributed by atoms with E-state index in [0.29, 0.717) is 37.1 Å². The molecule has 0 unspecified atom stereocenters. The molecule has 5 aromatic rings. The smallest absolute Gasteiger partial charge is 0.409 e. The van der Waals surface area contributed by atoms with E-state index in [1.54, 1.807) is 18.0 Å². The second-order valence-corrected chi connectivity index (χ2v) is 12.8. The predicted molar refractivity (Wildman–Crippen MR) is 182 cm³/mol. The number of rotatable bonds is 8. The molecule has 1 saturated heterocycles. The monoisotopic (exact) mass is 701 g/mol. The van der Waals surface area contributed by atoms with E-state index in [1.807, 2.05) is 35.1 Å². The number of nitrogens with zero attached hydrogens (tertiary/aromatic N) is 5. The van der Waals surface area contributed by atoms with Crippen LogP contribution in [0.3, 0.4) is 0 Å². The predicted octanol–water partition coefficient (Wildman–Crippen LogP) is 9.03. The highest BCUT2D eigenvalue weighted by Gasteiger charge is 2.31. The number of benzene rings is 3. The summed E-state index contributed by atoms with van der Waals surface area (Å²) in [6.07, 6.45) is 4.95. The van der Waals surface area contributed by atoms with Gasteiger partial charge in [0.25, 0.3) is 0 Å². The van der Waals surface area contributed by atoms with Crippen LogP contribution in [0, 0.1) is 15.9 Å². The van der Waals surface area contributed by atoms with E-state index < -0.39 is 22.7 Å². The summed E-state index contributed by atoms with van der Waals surface area (Å²) in [5, 5.41) is 16.3. The largest absolute Gasteiger partial charge is 0.478 e. The lowest BCUT2D eigenvalue weighted by Crippen LogP contribution is -2.39. The number of piperidine rings is 1. The van der Waals surface area contributed by atoms with Crippen LogP contribution in [0.25, 0.3) is 22.3 Å². The first-order valence-corrected chi connectivity index (χ1v) is 16.5. The highest BCUT2D eigenvalue weighted by Crippen LogP contribution is 2.45. The van der Waals surface area contributed by atoms with Gasteiger partial charge in [-0.05, 0) is 64.1 Å². The topological polar surface area (TPSA) is 113 Å². The molecule has 13 heteroatoms. The Bertz CT molecular complexity index is 2020. The van der Waals surface area contributed by atoms with E-state index in [0.717, 1.165) is 6.07 Å². The molecule has 3 heterocycles. The van der Waals surface area contributed by atoms with Crippen LogP contribution in [-0.2, 0) is 4.74 Å². The van der Waals surface area contributed by atoms with Crippen molar-refractivity contribution in [3.63, 3.8) is 0 Å². The number of amides is 1. The first-order valence-electron chi connectivity index (χ1n) is 15.8. The number of likely N-dealkylation sites (tertiary alicyclic amines) is 1. The highest BCUT2D eigenvalue weighted by molar-refractivity contribution is 6.36. The summed E-state index contributed by atoms with van der Waals surface area (Å²) in [5.41, 5.74) is 6.07. The first kappa shape index (κ1) is 32.5. The van der Waals surface area contributed by atoms with Crippen LogP contribution in [-0.4, -0.2) is 50.4 Å². The zero-order valence-electron chi connectivity index (χ0n) is 26.3. The molecule has 7 rings (SSSR count). The van der Waals surface area contributed by atoms with Crippen LogP contribution in [0.1, 0.15) is 54.5 Å². The third kappa shape index (κ3) is 6.31. The van der Waals surface area contributed by atoms with E-state index in [2.05, 4.69) is 34.3 Å². The molecule has 1 amide bonds. The third-order valence-electron chi connectivity index (χ3n) is 9.16. The molecule has 1 aliphatic carbocycles. The summed E-state index contributed by atoms with van der Waals surface area (Å²) in [5.74, 6) is -1.33. The van der Waals surface area contributed by atoms with Gasteiger partial charge >= 0.3 is 11.9 Å². The molecule has 0 N–H and O–H groups in total.